The molecule has 2 aromatic carbocycles. The Morgan fingerprint density at radius 3 is 1.95 bits per heavy atom. The summed E-state index contributed by atoms with van der Waals surface area (Å²) in [4.78, 5) is 4.57. The second-order valence-corrected chi connectivity index (χ2v) is 7.31. The van der Waals surface area contributed by atoms with Crippen LogP contribution in [0, 0.1) is 0 Å². The molecular weight excluding hydrogens is 316 g/mol. The molecule has 0 saturated carbocycles. The van der Waals surface area contributed by atoms with Crippen LogP contribution < -0.4 is 0 Å². The smallest absolute Gasteiger partial charge is 0.201 e. The Morgan fingerprint density at radius 2 is 1.33 bits per heavy atom. The van der Waals surface area contributed by atoms with Gasteiger partial charge < -0.3 is 0 Å². The fraction of sp³-hybridized carbons (Fsp3) is 0.125. The molecule has 2 nitrogen and oxygen atoms in total. The van der Waals surface area contributed by atoms with Gasteiger partial charge in [0.15, 0.2) is 4.34 Å². The van der Waals surface area contributed by atoms with Gasteiger partial charge in [-0.25, -0.2) is 4.98 Å². The van der Waals surface area contributed by atoms with Gasteiger partial charge in [0.2, 0.25) is 5.16 Å². The van der Waals surface area contributed by atoms with E-state index in [0.29, 0.717) is 0 Å². The van der Waals surface area contributed by atoms with E-state index in [2.05, 4.69) is 57.9 Å². The molecule has 0 N–H and O–H groups in total. The van der Waals surface area contributed by atoms with E-state index in [-0.39, 0.29) is 0 Å². The molecule has 0 aliphatic rings. The third-order valence-corrected chi connectivity index (χ3v) is 5.74. The maximum atomic E-state index is 4.57. The summed E-state index contributed by atoms with van der Waals surface area (Å²) >= 11 is 4.92. The van der Waals surface area contributed by atoms with E-state index >= 15 is 0 Å². The number of nitrogens with zero attached hydrogens (tertiary/aromatic N) is 2. The molecule has 5 heteroatoms. The van der Waals surface area contributed by atoms with Crippen molar-refractivity contribution in [1.82, 2.24) is 9.36 Å². The Kier molecular flexibility index (Phi) is 5.32. The van der Waals surface area contributed by atoms with Gasteiger partial charge in [-0.15, -0.1) is 0 Å². The Morgan fingerprint density at radius 1 is 0.762 bits per heavy atom. The molecule has 21 heavy (non-hydrogen) atoms. The normalized spacial score (nSPS) is 10.7. The van der Waals surface area contributed by atoms with Crippen molar-refractivity contribution < 1.29 is 0 Å². The van der Waals surface area contributed by atoms with Crippen LogP contribution in [-0.2, 0) is 11.5 Å². The van der Waals surface area contributed by atoms with E-state index in [1.807, 2.05) is 12.1 Å². The molecule has 0 radical (unpaired) electrons. The van der Waals surface area contributed by atoms with Gasteiger partial charge >= 0.3 is 0 Å². The van der Waals surface area contributed by atoms with E-state index < -0.39 is 0 Å². The van der Waals surface area contributed by atoms with Crippen LogP contribution in [0.15, 0.2) is 70.2 Å². The molecule has 106 valence electrons. The molecule has 0 aliphatic heterocycles. The van der Waals surface area contributed by atoms with Crippen molar-refractivity contribution in [3.05, 3.63) is 71.8 Å². The Balaban J connectivity index is 1.52. The van der Waals surface area contributed by atoms with Crippen LogP contribution in [0.5, 0.6) is 0 Å². The first-order valence-electron chi connectivity index (χ1n) is 6.57. The van der Waals surface area contributed by atoms with Crippen molar-refractivity contribution in [3.63, 3.8) is 0 Å². The lowest BCUT2D eigenvalue weighted by Gasteiger charge is -1.98. The summed E-state index contributed by atoms with van der Waals surface area (Å²) in [7, 11) is 0. The highest BCUT2D eigenvalue weighted by Gasteiger charge is 2.06. The minimum absolute atomic E-state index is 0.874. The van der Waals surface area contributed by atoms with Gasteiger partial charge in [-0.3, -0.25) is 0 Å². The van der Waals surface area contributed by atoms with E-state index in [0.717, 1.165) is 21.0 Å². The number of thioether (sulfide) groups is 2. The second kappa shape index (κ2) is 7.64. The molecule has 0 fully saturated rings. The van der Waals surface area contributed by atoms with Crippen LogP contribution >= 0.6 is 35.1 Å². The third-order valence-electron chi connectivity index (χ3n) is 2.80. The van der Waals surface area contributed by atoms with Crippen molar-refractivity contribution >= 4 is 35.1 Å². The lowest BCUT2D eigenvalue weighted by Crippen LogP contribution is -1.81. The van der Waals surface area contributed by atoms with Crippen LogP contribution in [0.4, 0.5) is 0 Å². The lowest BCUT2D eigenvalue weighted by atomic mass is 10.2. The minimum Gasteiger partial charge on any atom is -0.203 e. The highest BCUT2D eigenvalue weighted by atomic mass is 32.2. The van der Waals surface area contributed by atoms with Gasteiger partial charge in [-0.2, -0.15) is 4.37 Å². The Labute approximate surface area is 137 Å². The molecule has 1 heterocycles. The van der Waals surface area contributed by atoms with Crippen molar-refractivity contribution in [2.24, 2.45) is 0 Å². The first-order chi connectivity index (χ1) is 10.4. The molecular formula is C16H14N2S3. The number of hydrogen-bond acceptors (Lipinski definition) is 5. The lowest BCUT2D eigenvalue weighted by molar-refractivity contribution is 1.02. The molecule has 0 unspecified atom stereocenters. The summed E-state index contributed by atoms with van der Waals surface area (Å²) in [5, 5.41) is 0.874. The predicted octanol–water partition coefficient (Wildman–Crippen LogP) is 5.12. The van der Waals surface area contributed by atoms with Crippen LogP contribution in [0.25, 0.3) is 0 Å². The monoisotopic (exact) mass is 330 g/mol. The van der Waals surface area contributed by atoms with E-state index in [1.165, 1.54) is 22.7 Å². The molecule has 3 aromatic rings. The van der Waals surface area contributed by atoms with Gasteiger partial charge in [-0.05, 0) is 22.7 Å². The summed E-state index contributed by atoms with van der Waals surface area (Å²) in [5.41, 5.74) is 2.62. The molecule has 0 amide bonds. The van der Waals surface area contributed by atoms with E-state index in [9.17, 15) is 0 Å². The maximum Gasteiger partial charge on any atom is 0.201 e. The van der Waals surface area contributed by atoms with Crippen molar-refractivity contribution in [2.75, 3.05) is 0 Å². The Bertz CT molecular complexity index is 610. The molecule has 0 spiro atoms. The van der Waals surface area contributed by atoms with E-state index in [4.69, 9.17) is 0 Å². The topological polar surface area (TPSA) is 25.8 Å². The number of benzene rings is 2. The first-order valence-corrected chi connectivity index (χ1v) is 9.32. The maximum absolute atomic E-state index is 4.57. The van der Waals surface area contributed by atoms with E-state index in [1.54, 1.807) is 23.5 Å². The minimum atomic E-state index is 0.874. The molecule has 0 bridgehead atoms. The first kappa shape index (κ1) is 14.6. The van der Waals surface area contributed by atoms with Crippen molar-refractivity contribution in [1.29, 1.82) is 0 Å². The van der Waals surface area contributed by atoms with Gasteiger partial charge in [0.05, 0.1) is 0 Å². The largest absolute Gasteiger partial charge is 0.203 e. The standard InChI is InChI=1S/C16H14N2S3/c1-3-7-13(8-4-1)11-19-15-17-16(21-18-15)20-12-14-9-5-2-6-10-14/h1-10H,11-12H2. The van der Waals surface area contributed by atoms with Gasteiger partial charge in [-0.1, -0.05) is 84.2 Å². The summed E-state index contributed by atoms with van der Waals surface area (Å²) < 4.78 is 5.45. The highest BCUT2D eigenvalue weighted by molar-refractivity contribution is 8.00. The van der Waals surface area contributed by atoms with Crippen LogP contribution in [0.2, 0.25) is 0 Å². The quantitative estimate of drug-likeness (QED) is 0.586. The zero-order valence-electron chi connectivity index (χ0n) is 11.3. The van der Waals surface area contributed by atoms with Crippen LogP contribution in [0.1, 0.15) is 11.1 Å². The number of rotatable bonds is 6. The zero-order valence-corrected chi connectivity index (χ0v) is 13.8. The molecule has 0 saturated heterocycles. The van der Waals surface area contributed by atoms with Gasteiger partial charge in [0.25, 0.3) is 0 Å². The summed E-state index contributed by atoms with van der Waals surface area (Å²) in [6.07, 6.45) is 0. The van der Waals surface area contributed by atoms with Crippen LogP contribution in [0.3, 0.4) is 0 Å². The van der Waals surface area contributed by atoms with Crippen molar-refractivity contribution in [3.8, 4) is 0 Å². The highest BCUT2D eigenvalue weighted by Crippen LogP contribution is 2.28. The molecule has 3 rings (SSSR count). The van der Waals surface area contributed by atoms with Gasteiger partial charge in [0.1, 0.15) is 0 Å². The summed E-state index contributed by atoms with van der Waals surface area (Å²) in [5.74, 6) is 1.86. The average Bonchev–Trinajstić information content (AvgIpc) is 3.01. The summed E-state index contributed by atoms with van der Waals surface area (Å²) in [6.45, 7) is 0. The molecule has 0 atom stereocenters. The van der Waals surface area contributed by atoms with Crippen molar-refractivity contribution in [2.45, 2.75) is 21.0 Å². The zero-order chi connectivity index (χ0) is 14.3. The molecule has 0 aliphatic carbocycles. The SMILES string of the molecule is c1ccc(CSc2nsc(SCc3ccccc3)n2)cc1. The average molecular weight is 331 g/mol. The summed E-state index contributed by atoms with van der Waals surface area (Å²) in [6, 6.07) is 20.9. The number of hydrogen-bond donors (Lipinski definition) is 0. The fourth-order valence-corrected chi connectivity index (χ4v) is 4.30. The fourth-order valence-electron chi connectivity index (χ4n) is 1.76. The molecule has 1 aromatic heterocycles. The Hall–Kier alpha value is -1.30. The van der Waals surface area contributed by atoms with Gasteiger partial charge in [0, 0.05) is 11.5 Å². The third kappa shape index (κ3) is 4.59. The van der Waals surface area contributed by atoms with Crippen LogP contribution in [-0.4, -0.2) is 9.36 Å². The number of aromatic nitrogens is 2. The predicted molar refractivity (Wildman–Crippen MR) is 91.9 cm³/mol. The second-order valence-electron chi connectivity index (χ2n) is 4.39.